The van der Waals surface area contributed by atoms with E-state index in [2.05, 4.69) is 0 Å². The second-order valence-electron chi connectivity index (χ2n) is 2.78. The van der Waals surface area contributed by atoms with Gasteiger partial charge in [0.2, 0.25) is 0 Å². The predicted octanol–water partition coefficient (Wildman–Crippen LogP) is -0.0188. The number of hydrogen-bond donors (Lipinski definition) is 2. The molecule has 0 amide bonds. The Hall–Kier alpha value is -0.315. The van der Waals surface area contributed by atoms with E-state index in [0.29, 0.717) is 12.5 Å². The van der Waals surface area contributed by atoms with Gasteiger partial charge >= 0.3 is 7.12 Å². The second-order valence-corrected chi connectivity index (χ2v) is 2.78. The van der Waals surface area contributed by atoms with Gasteiger partial charge in [-0.3, -0.25) is 0 Å². The Bertz CT molecular complexity index is 130. The molecule has 0 aromatic carbocycles. The van der Waals surface area contributed by atoms with Crippen molar-refractivity contribution < 1.29 is 14.8 Å². The summed E-state index contributed by atoms with van der Waals surface area (Å²) in [6.07, 6.45) is 3.96. The monoisotopic (exact) mass is 156 g/mol. The van der Waals surface area contributed by atoms with Crippen LogP contribution in [0.25, 0.3) is 0 Å². The Kier molecular flexibility index (Phi) is 3.62. The Balaban J connectivity index is 2.23. The van der Waals surface area contributed by atoms with Gasteiger partial charge in [-0.2, -0.15) is 0 Å². The van der Waals surface area contributed by atoms with Crippen LogP contribution in [0.5, 0.6) is 0 Å². The molecule has 1 saturated heterocycles. The molecule has 0 spiro atoms. The molecule has 0 aromatic rings. The molecular weight excluding hydrogens is 143 g/mol. The fourth-order valence-electron chi connectivity index (χ4n) is 1.17. The largest absolute Gasteiger partial charge is 0.480 e. The van der Waals surface area contributed by atoms with Crippen molar-refractivity contribution in [2.75, 3.05) is 13.2 Å². The average Bonchev–Trinajstić information content (AvgIpc) is 2.03. The summed E-state index contributed by atoms with van der Waals surface area (Å²) in [6.45, 7) is 1.55. The molecule has 1 unspecified atom stereocenters. The minimum atomic E-state index is -1.32. The SMILES string of the molecule is OB(O)/C=C/C1CCCOC1. The Morgan fingerprint density at radius 1 is 1.45 bits per heavy atom. The van der Waals surface area contributed by atoms with E-state index in [1.807, 2.05) is 6.08 Å². The summed E-state index contributed by atoms with van der Waals surface area (Å²) >= 11 is 0. The van der Waals surface area contributed by atoms with Gasteiger partial charge in [0, 0.05) is 6.61 Å². The van der Waals surface area contributed by atoms with E-state index in [0.717, 1.165) is 19.4 Å². The molecule has 1 atom stereocenters. The van der Waals surface area contributed by atoms with Gasteiger partial charge in [-0.15, -0.1) is 0 Å². The lowest BCUT2D eigenvalue weighted by molar-refractivity contribution is 0.0710. The molecule has 1 aliphatic heterocycles. The van der Waals surface area contributed by atoms with Crippen LogP contribution >= 0.6 is 0 Å². The van der Waals surface area contributed by atoms with Gasteiger partial charge in [-0.25, -0.2) is 0 Å². The fourth-order valence-corrected chi connectivity index (χ4v) is 1.17. The second kappa shape index (κ2) is 4.54. The molecule has 0 aliphatic carbocycles. The lowest BCUT2D eigenvalue weighted by atomic mass is 9.88. The normalized spacial score (nSPS) is 25.8. The van der Waals surface area contributed by atoms with Gasteiger partial charge in [0.05, 0.1) is 6.61 Å². The maximum absolute atomic E-state index is 8.51. The van der Waals surface area contributed by atoms with Crippen LogP contribution < -0.4 is 0 Å². The molecule has 3 nitrogen and oxygen atoms in total. The summed E-state index contributed by atoms with van der Waals surface area (Å²) < 4.78 is 5.20. The van der Waals surface area contributed by atoms with Crippen molar-refractivity contribution in [3.05, 3.63) is 12.1 Å². The first-order valence-corrected chi connectivity index (χ1v) is 3.91. The first-order valence-electron chi connectivity index (χ1n) is 3.91. The Morgan fingerprint density at radius 3 is 2.82 bits per heavy atom. The smallest absolute Gasteiger partial charge is 0.424 e. The molecule has 2 N–H and O–H groups in total. The van der Waals surface area contributed by atoms with Gasteiger partial charge in [-0.05, 0) is 18.8 Å². The van der Waals surface area contributed by atoms with Gasteiger partial charge in [0.25, 0.3) is 0 Å². The van der Waals surface area contributed by atoms with Gasteiger partial charge < -0.3 is 14.8 Å². The number of ether oxygens (including phenoxy) is 1. The van der Waals surface area contributed by atoms with Crippen LogP contribution in [-0.2, 0) is 4.74 Å². The van der Waals surface area contributed by atoms with Crippen molar-refractivity contribution in [1.29, 1.82) is 0 Å². The van der Waals surface area contributed by atoms with Crippen molar-refractivity contribution in [2.24, 2.45) is 5.92 Å². The van der Waals surface area contributed by atoms with Gasteiger partial charge in [-0.1, -0.05) is 12.1 Å². The first-order chi connectivity index (χ1) is 5.29. The molecule has 0 aromatic heterocycles. The van der Waals surface area contributed by atoms with Gasteiger partial charge in [0.1, 0.15) is 0 Å². The number of rotatable bonds is 2. The van der Waals surface area contributed by atoms with E-state index in [1.165, 1.54) is 5.98 Å². The molecular formula is C7H13BO3. The summed E-state index contributed by atoms with van der Waals surface area (Å²) in [5.41, 5.74) is 0. The zero-order valence-corrected chi connectivity index (χ0v) is 6.44. The Labute approximate surface area is 66.8 Å². The summed E-state index contributed by atoms with van der Waals surface area (Å²) in [4.78, 5) is 0. The molecule has 4 heteroatoms. The van der Waals surface area contributed by atoms with E-state index >= 15 is 0 Å². The zero-order valence-electron chi connectivity index (χ0n) is 6.44. The maximum atomic E-state index is 8.51. The third-order valence-electron chi connectivity index (χ3n) is 1.75. The summed E-state index contributed by atoms with van der Waals surface area (Å²) in [5.74, 6) is 1.75. The molecule has 1 fully saturated rings. The Morgan fingerprint density at radius 2 is 2.27 bits per heavy atom. The van der Waals surface area contributed by atoms with E-state index in [4.69, 9.17) is 14.8 Å². The lowest BCUT2D eigenvalue weighted by Crippen LogP contribution is -2.16. The molecule has 62 valence electrons. The van der Waals surface area contributed by atoms with Crippen molar-refractivity contribution in [1.82, 2.24) is 0 Å². The van der Waals surface area contributed by atoms with Crippen molar-refractivity contribution in [2.45, 2.75) is 12.8 Å². The minimum Gasteiger partial charge on any atom is -0.424 e. The molecule has 1 heterocycles. The summed E-state index contributed by atoms with van der Waals surface area (Å²) in [6, 6.07) is 0. The summed E-state index contributed by atoms with van der Waals surface area (Å²) in [7, 11) is -1.32. The highest BCUT2D eigenvalue weighted by Gasteiger charge is 2.11. The highest BCUT2D eigenvalue weighted by molar-refractivity contribution is 6.47. The van der Waals surface area contributed by atoms with Crippen molar-refractivity contribution in [3.8, 4) is 0 Å². The van der Waals surface area contributed by atoms with E-state index in [9.17, 15) is 0 Å². The van der Waals surface area contributed by atoms with Crippen LogP contribution in [-0.4, -0.2) is 30.4 Å². The minimum absolute atomic E-state index is 0.366. The van der Waals surface area contributed by atoms with Crippen LogP contribution in [0, 0.1) is 5.92 Å². The summed E-state index contributed by atoms with van der Waals surface area (Å²) in [5, 5.41) is 17.0. The molecule has 0 bridgehead atoms. The third kappa shape index (κ3) is 3.55. The van der Waals surface area contributed by atoms with Crippen LogP contribution in [0.3, 0.4) is 0 Å². The van der Waals surface area contributed by atoms with E-state index in [1.54, 1.807) is 0 Å². The average molecular weight is 156 g/mol. The van der Waals surface area contributed by atoms with Crippen LogP contribution in [0.4, 0.5) is 0 Å². The molecule has 1 rings (SSSR count). The van der Waals surface area contributed by atoms with Crippen LogP contribution in [0.1, 0.15) is 12.8 Å². The molecule has 1 aliphatic rings. The van der Waals surface area contributed by atoms with Crippen molar-refractivity contribution >= 4 is 7.12 Å². The van der Waals surface area contributed by atoms with Gasteiger partial charge in [0.15, 0.2) is 0 Å². The predicted molar refractivity (Wildman–Crippen MR) is 42.9 cm³/mol. The topological polar surface area (TPSA) is 49.7 Å². The zero-order chi connectivity index (χ0) is 8.10. The maximum Gasteiger partial charge on any atom is 0.480 e. The third-order valence-corrected chi connectivity index (χ3v) is 1.75. The van der Waals surface area contributed by atoms with Crippen LogP contribution in [0.2, 0.25) is 0 Å². The molecule has 11 heavy (non-hydrogen) atoms. The lowest BCUT2D eigenvalue weighted by Gasteiger charge is -2.18. The standard InChI is InChI=1S/C7H13BO3/c9-8(10)4-3-7-2-1-5-11-6-7/h3-4,7,9-10H,1-2,5-6H2/b4-3+. The quantitative estimate of drug-likeness (QED) is 0.552. The van der Waals surface area contributed by atoms with Crippen molar-refractivity contribution in [3.63, 3.8) is 0 Å². The first kappa shape index (κ1) is 8.78. The molecule has 0 radical (unpaired) electrons. The highest BCUT2D eigenvalue weighted by atomic mass is 16.5. The molecule has 0 saturated carbocycles. The fraction of sp³-hybridized carbons (Fsp3) is 0.714. The number of hydrogen-bond acceptors (Lipinski definition) is 3. The van der Waals surface area contributed by atoms with E-state index < -0.39 is 7.12 Å². The highest BCUT2D eigenvalue weighted by Crippen LogP contribution is 2.14. The van der Waals surface area contributed by atoms with Crippen LogP contribution in [0.15, 0.2) is 12.1 Å². The van der Waals surface area contributed by atoms with E-state index in [-0.39, 0.29) is 0 Å².